The second-order valence-electron chi connectivity index (χ2n) is 4.72. The summed E-state index contributed by atoms with van der Waals surface area (Å²) < 4.78 is 33.1. The molecule has 0 radical (unpaired) electrons. The SMILES string of the molecule is O=C(O)c1cnn(-c2ncc(OCc3cc(F)ccc3F)cn2)c1. The largest absolute Gasteiger partial charge is 0.486 e. The van der Waals surface area contributed by atoms with Gasteiger partial charge in [0.05, 0.1) is 24.2 Å². The summed E-state index contributed by atoms with van der Waals surface area (Å²) in [7, 11) is 0. The van der Waals surface area contributed by atoms with Gasteiger partial charge in [0, 0.05) is 11.8 Å². The molecule has 24 heavy (non-hydrogen) atoms. The summed E-state index contributed by atoms with van der Waals surface area (Å²) in [5.41, 5.74) is 0.0674. The summed E-state index contributed by atoms with van der Waals surface area (Å²) in [6.45, 7) is -0.183. The molecule has 2 aromatic heterocycles. The molecule has 0 saturated heterocycles. The van der Waals surface area contributed by atoms with Crippen molar-refractivity contribution in [3.05, 3.63) is 65.7 Å². The van der Waals surface area contributed by atoms with Crippen molar-refractivity contribution in [1.29, 1.82) is 0 Å². The zero-order valence-corrected chi connectivity index (χ0v) is 12.1. The average Bonchev–Trinajstić information content (AvgIpc) is 3.06. The molecule has 0 saturated carbocycles. The monoisotopic (exact) mass is 332 g/mol. The molecule has 0 amide bonds. The number of hydrogen-bond donors (Lipinski definition) is 1. The zero-order chi connectivity index (χ0) is 17.1. The number of aromatic nitrogens is 4. The maximum Gasteiger partial charge on any atom is 0.338 e. The molecular weight excluding hydrogens is 322 g/mol. The van der Waals surface area contributed by atoms with Gasteiger partial charge in [-0.1, -0.05) is 0 Å². The van der Waals surface area contributed by atoms with Crippen LogP contribution in [0.4, 0.5) is 8.78 Å². The lowest BCUT2D eigenvalue weighted by Gasteiger charge is -2.07. The number of benzene rings is 1. The van der Waals surface area contributed by atoms with Gasteiger partial charge in [0.25, 0.3) is 5.95 Å². The van der Waals surface area contributed by atoms with E-state index >= 15 is 0 Å². The molecule has 3 aromatic rings. The van der Waals surface area contributed by atoms with Gasteiger partial charge in [-0.2, -0.15) is 5.10 Å². The molecule has 7 nitrogen and oxygen atoms in total. The topological polar surface area (TPSA) is 90.1 Å². The second-order valence-corrected chi connectivity index (χ2v) is 4.72. The molecule has 3 rings (SSSR count). The lowest BCUT2D eigenvalue weighted by atomic mass is 10.2. The summed E-state index contributed by atoms with van der Waals surface area (Å²) in [5, 5.41) is 12.7. The summed E-state index contributed by atoms with van der Waals surface area (Å²) in [5.74, 6) is -1.86. The number of ether oxygens (including phenoxy) is 1. The van der Waals surface area contributed by atoms with Gasteiger partial charge in [-0.05, 0) is 18.2 Å². The lowest BCUT2D eigenvalue weighted by Crippen LogP contribution is -2.04. The first kappa shape index (κ1) is 15.5. The predicted molar refractivity (Wildman–Crippen MR) is 76.8 cm³/mol. The van der Waals surface area contributed by atoms with Gasteiger partial charge in [-0.25, -0.2) is 28.2 Å². The second kappa shape index (κ2) is 6.41. The Morgan fingerprint density at radius 1 is 1.21 bits per heavy atom. The minimum Gasteiger partial charge on any atom is -0.486 e. The van der Waals surface area contributed by atoms with Crippen LogP contribution in [0.3, 0.4) is 0 Å². The lowest BCUT2D eigenvalue weighted by molar-refractivity contribution is 0.0697. The number of halogens is 2. The molecule has 0 fully saturated rings. The van der Waals surface area contributed by atoms with Gasteiger partial charge in [-0.15, -0.1) is 0 Å². The first-order chi connectivity index (χ1) is 11.5. The van der Waals surface area contributed by atoms with Crippen LogP contribution in [0.15, 0.2) is 43.0 Å². The highest BCUT2D eigenvalue weighted by atomic mass is 19.1. The average molecular weight is 332 g/mol. The first-order valence-electron chi connectivity index (χ1n) is 6.70. The standard InChI is InChI=1S/C15H10F2N4O3/c16-11-1-2-13(17)9(3-11)8-24-12-5-18-15(19-6-12)21-7-10(4-20-21)14(22)23/h1-7H,8H2,(H,22,23). The van der Waals surface area contributed by atoms with Crippen LogP contribution in [0.25, 0.3) is 5.95 Å². The minimum atomic E-state index is -1.11. The van der Waals surface area contributed by atoms with E-state index in [1.165, 1.54) is 29.5 Å². The van der Waals surface area contributed by atoms with Gasteiger partial charge in [0.2, 0.25) is 0 Å². The summed E-state index contributed by atoms with van der Waals surface area (Å²) in [6, 6.07) is 3.08. The van der Waals surface area contributed by atoms with Crippen molar-refractivity contribution >= 4 is 5.97 Å². The van der Waals surface area contributed by atoms with Crippen molar-refractivity contribution in [2.24, 2.45) is 0 Å². The summed E-state index contributed by atoms with van der Waals surface area (Å²) >= 11 is 0. The van der Waals surface area contributed by atoms with E-state index in [0.717, 1.165) is 18.2 Å². The molecule has 1 N–H and O–H groups in total. The Bertz CT molecular complexity index is 881. The predicted octanol–water partition coefficient (Wildman–Crippen LogP) is 2.22. The Hall–Kier alpha value is -3.36. The third-order valence-electron chi connectivity index (χ3n) is 3.05. The smallest absolute Gasteiger partial charge is 0.338 e. The molecule has 0 atom stereocenters. The van der Waals surface area contributed by atoms with Gasteiger partial charge in [0.15, 0.2) is 5.75 Å². The van der Waals surface area contributed by atoms with Crippen LogP contribution in [0, 0.1) is 11.6 Å². The number of carboxylic acid groups (broad SMARTS) is 1. The third-order valence-corrected chi connectivity index (χ3v) is 3.05. The summed E-state index contributed by atoms with van der Waals surface area (Å²) in [6.07, 6.45) is 5.08. The van der Waals surface area contributed by atoms with Gasteiger partial charge in [-0.3, -0.25) is 0 Å². The van der Waals surface area contributed by atoms with E-state index < -0.39 is 17.6 Å². The van der Waals surface area contributed by atoms with Crippen molar-refractivity contribution < 1.29 is 23.4 Å². The molecular formula is C15H10F2N4O3. The Morgan fingerprint density at radius 3 is 2.62 bits per heavy atom. The van der Waals surface area contributed by atoms with E-state index in [1.54, 1.807) is 0 Å². The van der Waals surface area contributed by atoms with Crippen LogP contribution in [0.2, 0.25) is 0 Å². The van der Waals surface area contributed by atoms with Crippen LogP contribution < -0.4 is 4.74 Å². The summed E-state index contributed by atoms with van der Waals surface area (Å²) in [4.78, 5) is 18.8. The van der Waals surface area contributed by atoms with Crippen molar-refractivity contribution in [2.75, 3.05) is 0 Å². The van der Waals surface area contributed by atoms with Crippen molar-refractivity contribution in [3.8, 4) is 11.7 Å². The Kier molecular flexibility index (Phi) is 4.15. The van der Waals surface area contributed by atoms with Gasteiger partial charge < -0.3 is 9.84 Å². The minimum absolute atomic E-state index is 0.000468. The van der Waals surface area contributed by atoms with E-state index in [4.69, 9.17) is 9.84 Å². The fourth-order valence-corrected chi connectivity index (χ4v) is 1.86. The number of aromatic carboxylic acids is 1. The molecule has 122 valence electrons. The van der Waals surface area contributed by atoms with Crippen LogP contribution in [0.5, 0.6) is 5.75 Å². The normalized spacial score (nSPS) is 10.6. The van der Waals surface area contributed by atoms with E-state index in [9.17, 15) is 13.6 Å². The number of nitrogens with zero attached hydrogens (tertiary/aromatic N) is 4. The van der Waals surface area contributed by atoms with Crippen molar-refractivity contribution in [3.63, 3.8) is 0 Å². The maximum absolute atomic E-state index is 13.5. The quantitative estimate of drug-likeness (QED) is 0.770. The third kappa shape index (κ3) is 3.35. The van der Waals surface area contributed by atoms with Crippen molar-refractivity contribution in [1.82, 2.24) is 19.7 Å². The van der Waals surface area contributed by atoms with Gasteiger partial charge >= 0.3 is 5.97 Å². The molecule has 2 heterocycles. The first-order valence-corrected chi connectivity index (χ1v) is 6.70. The Balaban J connectivity index is 1.70. The van der Waals surface area contributed by atoms with E-state index in [1.807, 2.05) is 0 Å². The molecule has 0 aliphatic carbocycles. The molecule has 0 spiro atoms. The molecule has 1 aromatic carbocycles. The molecule has 0 aliphatic rings. The van der Waals surface area contributed by atoms with E-state index in [0.29, 0.717) is 0 Å². The molecule has 0 unspecified atom stereocenters. The number of rotatable bonds is 5. The highest BCUT2D eigenvalue weighted by Crippen LogP contribution is 2.15. The fourth-order valence-electron chi connectivity index (χ4n) is 1.86. The van der Waals surface area contributed by atoms with Crippen molar-refractivity contribution in [2.45, 2.75) is 6.61 Å². The molecule has 0 aliphatic heterocycles. The van der Waals surface area contributed by atoms with E-state index in [2.05, 4.69) is 15.1 Å². The highest BCUT2D eigenvalue weighted by molar-refractivity contribution is 5.86. The number of carbonyl (C=O) groups is 1. The van der Waals surface area contributed by atoms with Crippen LogP contribution in [0.1, 0.15) is 15.9 Å². The Morgan fingerprint density at radius 2 is 1.96 bits per heavy atom. The van der Waals surface area contributed by atoms with Crippen LogP contribution in [-0.4, -0.2) is 30.8 Å². The fraction of sp³-hybridized carbons (Fsp3) is 0.0667. The van der Waals surface area contributed by atoms with Crippen LogP contribution in [-0.2, 0) is 6.61 Å². The molecule has 0 bridgehead atoms. The number of hydrogen-bond acceptors (Lipinski definition) is 5. The molecule has 9 heteroatoms. The maximum atomic E-state index is 13.5. The van der Waals surface area contributed by atoms with Crippen LogP contribution >= 0.6 is 0 Å². The highest BCUT2D eigenvalue weighted by Gasteiger charge is 2.09. The Labute approximate surface area is 134 Å². The van der Waals surface area contributed by atoms with E-state index in [-0.39, 0.29) is 29.4 Å². The zero-order valence-electron chi connectivity index (χ0n) is 12.1. The van der Waals surface area contributed by atoms with Gasteiger partial charge in [0.1, 0.15) is 18.2 Å². The number of carboxylic acids is 1.